The normalized spacial score (nSPS) is 14.3. The highest BCUT2D eigenvalue weighted by Crippen LogP contribution is 2.50. The molecule has 0 fully saturated rings. The Bertz CT molecular complexity index is 1830. The highest BCUT2D eigenvalue weighted by Gasteiger charge is 2.34. The van der Waals surface area contributed by atoms with Crippen molar-refractivity contribution in [2.75, 3.05) is 7.11 Å². The zero-order chi connectivity index (χ0) is 25.1. The van der Waals surface area contributed by atoms with E-state index in [0.717, 1.165) is 39.0 Å². The van der Waals surface area contributed by atoms with Gasteiger partial charge in [-0.3, -0.25) is 0 Å². The van der Waals surface area contributed by atoms with Crippen LogP contribution in [0.4, 0.5) is 0 Å². The van der Waals surface area contributed by atoms with Crippen molar-refractivity contribution < 1.29 is 9.47 Å². The number of hydrogen-bond acceptors (Lipinski definition) is 5. The zero-order valence-electron chi connectivity index (χ0n) is 19.5. The van der Waals surface area contributed by atoms with Crippen LogP contribution >= 0.6 is 23.2 Å². The highest BCUT2D eigenvalue weighted by molar-refractivity contribution is 6.36. The molecule has 8 heteroatoms. The molecule has 1 aliphatic rings. The van der Waals surface area contributed by atoms with E-state index in [-0.39, 0.29) is 5.92 Å². The Morgan fingerprint density at radius 2 is 1.76 bits per heavy atom. The van der Waals surface area contributed by atoms with Crippen LogP contribution in [0.1, 0.15) is 22.6 Å². The zero-order valence-corrected chi connectivity index (χ0v) is 21.0. The Balaban J connectivity index is 1.52. The summed E-state index contributed by atoms with van der Waals surface area (Å²) in [4.78, 5) is 9.57. The summed E-state index contributed by atoms with van der Waals surface area (Å²) in [6, 6.07) is 25.7. The van der Waals surface area contributed by atoms with Crippen LogP contribution in [0.15, 0.2) is 85.2 Å². The van der Waals surface area contributed by atoms with Gasteiger partial charge in [-0.15, -0.1) is 5.10 Å². The van der Waals surface area contributed by atoms with Gasteiger partial charge >= 0.3 is 0 Å². The summed E-state index contributed by atoms with van der Waals surface area (Å²) < 4.78 is 13.5. The maximum atomic E-state index is 6.49. The van der Waals surface area contributed by atoms with Gasteiger partial charge in [0.2, 0.25) is 5.88 Å². The summed E-state index contributed by atoms with van der Waals surface area (Å²) in [6.07, 6.45) is 1.62. The topological polar surface area (TPSA) is 61.5 Å². The minimum atomic E-state index is -0.204. The van der Waals surface area contributed by atoms with E-state index < -0.39 is 0 Å². The van der Waals surface area contributed by atoms with Crippen molar-refractivity contribution in [1.82, 2.24) is 19.6 Å². The first-order valence-corrected chi connectivity index (χ1v) is 12.4. The lowest BCUT2D eigenvalue weighted by Gasteiger charge is -2.29. The first-order chi connectivity index (χ1) is 18.1. The van der Waals surface area contributed by atoms with Crippen LogP contribution < -0.4 is 9.47 Å². The average molecular weight is 525 g/mol. The third kappa shape index (κ3) is 3.52. The van der Waals surface area contributed by atoms with E-state index in [2.05, 4.69) is 35.3 Å². The lowest BCUT2D eigenvalue weighted by atomic mass is 9.81. The average Bonchev–Trinajstić information content (AvgIpc) is 3.36. The minimum Gasteiger partial charge on any atom is -0.497 e. The van der Waals surface area contributed by atoms with Gasteiger partial charge in [0, 0.05) is 22.1 Å². The van der Waals surface area contributed by atoms with E-state index in [0.29, 0.717) is 33.0 Å². The molecule has 0 radical (unpaired) electrons. The van der Waals surface area contributed by atoms with E-state index in [1.54, 1.807) is 30.1 Å². The van der Waals surface area contributed by atoms with Gasteiger partial charge in [0.1, 0.15) is 17.8 Å². The molecule has 0 saturated heterocycles. The molecule has 0 bridgehead atoms. The highest BCUT2D eigenvalue weighted by atomic mass is 35.5. The van der Waals surface area contributed by atoms with Crippen LogP contribution in [0.5, 0.6) is 17.4 Å². The summed E-state index contributed by atoms with van der Waals surface area (Å²) in [7, 11) is 1.66. The molecule has 7 rings (SSSR count). The number of halogens is 2. The lowest BCUT2D eigenvalue weighted by molar-refractivity contribution is 0.414. The van der Waals surface area contributed by atoms with Crippen LogP contribution in [-0.4, -0.2) is 26.7 Å². The summed E-state index contributed by atoms with van der Waals surface area (Å²) in [6.45, 7) is 0. The second-order valence-electron chi connectivity index (χ2n) is 8.80. The predicted octanol–water partition coefficient (Wildman–Crippen LogP) is 7.55. The molecule has 3 heterocycles. The van der Waals surface area contributed by atoms with Gasteiger partial charge in [0.15, 0.2) is 11.5 Å². The quantitative estimate of drug-likeness (QED) is 0.239. The molecule has 0 spiro atoms. The Morgan fingerprint density at radius 3 is 2.57 bits per heavy atom. The van der Waals surface area contributed by atoms with Gasteiger partial charge in [-0.1, -0.05) is 65.7 Å². The number of hydrogen-bond donors (Lipinski definition) is 0. The number of ether oxygens (including phenoxy) is 2. The SMILES string of the molecule is COc1ccc(C2c3c(ccc4ccccc34)Oc3ncn4nc(-c5ccc(Cl)cc5Cl)nc4c32)cc1. The molecule has 37 heavy (non-hydrogen) atoms. The third-order valence-electron chi connectivity index (χ3n) is 6.72. The Kier molecular flexibility index (Phi) is 5.06. The molecule has 180 valence electrons. The van der Waals surface area contributed by atoms with Gasteiger partial charge in [0.05, 0.1) is 17.7 Å². The second kappa shape index (κ2) is 8.47. The number of methoxy groups -OCH3 is 1. The molecule has 4 aromatic carbocycles. The molecule has 0 N–H and O–H groups in total. The number of nitrogens with zero attached hydrogens (tertiary/aromatic N) is 4. The molecular formula is C29H18Cl2N4O2. The van der Waals surface area contributed by atoms with Crippen molar-refractivity contribution in [1.29, 1.82) is 0 Å². The fourth-order valence-corrected chi connectivity index (χ4v) is 5.51. The smallest absolute Gasteiger partial charge is 0.228 e. The van der Waals surface area contributed by atoms with E-state index in [4.69, 9.17) is 42.8 Å². The number of rotatable bonds is 3. The molecule has 6 nitrogen and oxygen atoms in total. The Labute approximate surface area is 222 Å². The molecule has 0 amide bonds. The maximum Gasteiger partial charge on any atom is 0.228 e. The first kappa shape index (κ1) is 22.1. The van der Waals surface area contributed by atoms with Gasteiger partial charge in [-0.25, -0.2) is 14.5 Å². The van der Waals surface area contributed by atoms with Crippen molar-refractivity contribution in [2.24, 2.45) is 0 Å². The van der Waals surface area contributed by atoms with Crippen molar-refractivity contribution in [3.63, 3.8) is 0 Å². The summed E-state index contributed by atoms with van der Waals surface area (Å²) in [5.74, 6) is 2.33. The lowest BCUT2D eigenvalue weighted by Crippen LogP contribution is -2.15. The van der Waals surface area contributed by atoms with Crippen molar-refractivity contribution in [2.45, 2.75) is 5.92 Å². The van der Waals surface area contributed by atoms with Gasteiger partial charge in [0.25, 0.3) is 0 Å². The number of benzene rings is 4. The van der Waals surface area contributed by atoms with Crippen molar-refractivity contribution in [3.8, 4) is 28.8 Å². The van der Waals surface area contributed by atoms with Crippen LogP contribution in [0.3, 0.4) is 0 Å². The standard InChI is InChI=1S/C29H18Cl2N4O2/c1-36-19-10-6-17(7-11-19)24-25-20-5-3-2-4-16(20)8-13-23(25)37-29-26(24)28-33-27(34-35(28)15-32-29)21-12-9-18(30)14-22(21)31/h2-15,24H,1H3. The van der Waals surface area contributed by atoms with E-state index >= 15 is 0 Å². The Morgan fingerprint density at radius 1 is 0.919 bits per heavy atom. The van der Waals surface area contributed by atoms with Gasteiger partial charge < -0.3 is 9.47 Å². The van der Waals surface area contributed by atoms with Crippen LogP contribution in [0, 0.1) is 0 Å². The summed E-state index contributed by atoms with van der Waals surface area (Å²) in [5.41, 5.74) is 4.28. The fraction of sp³-hybridized carbons (Fsp3) is 0.0690. The summed E-state index contributed by atoms with van der Waals surface area (Å²) in [5, 5.41) is 7.95. The molecule has 2 aromatic heterocycles. The molecular weight excluding hydrogens is 507 g/mol. The largest absolute Gasteiger partial charge is 0.497 e. The molecule has 6 aromatic rings. The van der Waals surface area contributed by atoms with Gasteiger partial charge in [-0.05, 0) is 52.7 Å². The van der Waals surface area contributed by atoms with E-state index in [1.807, 2.05) is 36.4 Å². The fourth-order valence-electron chi connectivity index (χ4n) is 5.02. The maximum absolute atomic E-state index is 6.49. The van der Waals surface area contributed by atoms with Crippen LogP contribution in [0.2, 0.25) is 10.0 Å². The second-order valence-corrected chi connectivity index (χ2v) is 9.64. The van der Waals surface area contributed by atoms with E-state index in [1.165, 1.54) is 0 Å². The van der Waals surface area contributed by atoms with E-state index in [9.17, 15) is 0 Å². The Hall–Kier alpha value is -4.13. The molecule has 0 saturated carbocycles. The minimum absolute atomic E-state index is 0.204. The first-order valence-electron chi connectivity index (χ1n) is 11.6. The molecule has 1 atom stereocenters. The third-order valence-corrected chi connectivity index (χ3v) is 7.27. The summed E-state index contributed by atoms with van der Waals surface area (Å²) >= 11 is 12.6. The molecule has 1 unspecified atom stereocenters. The van der Waals surface area contributed by atoms with Crippen molar-refractivity contribution >= 4 is 39.6 Å². The monoisotopic (exact) mass is 524 g/mol. The van der Waals surface area contributed by atoms with Crippen LogP contribution in [-0.2, 0) is 0 Å². The molecule has 1 aliphatic heterocycles. The van der Waals surface area contributed by atoms with Crippen molar-refractivity contribution in [3.05, 3.63) is 112 Å². The number of fused-ring (bicyclic) bond motifs is 6. The number of aromatic nitrogens is 4. The predicted molar refractivity (Wildman–Crippen MR) is 144 cm³/mol. The molecule has 0 aliphatic carbocycles. The van der Waals surface area contributed by atoms with Gasteiger partial charge in [-0.2, -0.15) is 0 Å². The van der Waals surface area contributed by atoms with Crippen LogP contribution in [0.25, 0.3) is 27.8 Å².